The molecule has 2 aliphatic rings. The van der Waals surface area contributed by atoms with Crippen LogP contribution in [0.25, 0.3) is 0 Å². The summed E-state index contributed by atoms with van der Waals surface area (Å²) in [6.07, 6.45) is 3.19. The molecule has 4 heteroatoms. The van der Waals surface area contributed by atoms with Crippen LogP contribution in [0.3, 0.4) is 0 Å². The van der Waals surface area contributed by atoms with E-state index in [1.54, 1.807) is 0 Å². The topological polar surface area (TPSA) is 47.9 Å². The monoisotopic (exact) mass is 382 g/mol. The molecule has 4 nitrogen and oxygen atoms in total. The summed E-state index contributed by atoms with van der Waals surface area (Å²) < 4.78 is 17.4. The Balaban J connectivity index is 1.45. The van der Waals surface area contributed by atoms with E-state index in [-0.39, 0.29) is 24.4 Å². The number of hydrogen-bond donors (Lipinski definition) is 1. The number of hydrogen-bond acceptors (Lipinski definition) is 4. The van der Waals surface area contributed by atoms with Gasteiger partial charge in [0.15, 0.2) is 0 Å². The Morgan fingerprint density at radius 3 is 2.64 bits per heavy atom. The Morgan fingerprint density at radius 1 is 1.11 bits per heavy atom. The maximum atomic E-state index is 10.1. The van der Waals surface area contributed by atoms with Crippen LogP contribution < -0.4 is 4.74 Å². The lowest BCUT2D eigenvalue weighted by molar-refractivity contribution is -0.0895. The van der Waals surface area contributed by atoms with Gasteiger partial charge in [-0.1, -0.05) is 30.3 Å². The number of rotatable bonds is 5. The van der Waals surface area contributed by atoms with Gasteiger partial charge in [0, 0.05) is 12.8 Å². The van der Waals surface area contributed by atoms with E-state index in [9.17, 15) is 5.11 Å². The van der Waals surface area contributed by atoms with Gasteiger partial charge in [0.2, 0.25) is 0 Å². The van der Waals surface area contributed by atoms with Gasteiger partial charge in [0.25, 0.3) is 0 Å². The SMILES string of the molecule is Cc1ccc(C2CC(O)CC(C)O2)cc1Cc1ccc(OC2CCOC2)cc1. The van der Waals surface area contributed by atoms with Crippen LogP contribution >= 0.6 is 0 Å². The molecule has 0 amide bonds. The van der Waals surface area contributed by atoms with Crippen molar-refractivity contribution >= 4 is 0 Å². The van der Waals surface area contributed by atoms with Crippen LogP contribution in [0.15, 0.2) is 42.5 Å². The lowest BCUT2D eigenvalue weighted by Crippen LogP contribution is -2.29. The summed E-state index contributed by atoms with van der Waals surface area (Å²) >= 11 is 0. The van der Waals surface area contributed by atoms with Crippen molar-refractivity contribution in [1.82, 2.24) is 0 Å². The van der Waals surface area contributed by atoms with Crippen molar-refractivity contribution in [3.8, 4) is 5.75 Å². The Labute approximate surface area is 167 Å². The fraction of sp³-hybridized carbons (Fsp3) is 0.500. The average molecular weight is 383 g/mol. The van der Waals surface area contributed by atoms with Crippen molar-refractivity contribution in [3.05, 3.63) is 64.7 Å². The summed E-state index contributed by atoms with van der Waals surface area (Å²) in [5.74, 6) is 0.906. The first-order valence-electron chi connectivity index (χ1n) is 10.3. The van der Waals surface area contributed by atoms with Crippen LogP contribution in [-0.2, 0) is 15.9 Å². The first-order chi connectivity index (χ1) is 13.6. The van der Waals surface area contributed by atoms with Crippen molar-refractivity contribution in [2.75, 3.05) is 13.2 Å². The third-order valence-electron chi connectivity index (χ3n) is 5.74. The molecule has 4 rings (SSSR count). The first-order valence-corrected chi connectivity index (χ1v) is 10.3. The Kier molecular flexibility index (Phi) is 6.00. The molecule has 0 spiro atoms. The van der Waals surface area contributed by atoms with E-state index in [1.807, 2.05) is 6.92 Å². The van der Waals surface area contributed by atoms with E-state index >= 15 is 0 Å². The second-order valence-electron chi connectivity index (χ2n) is 8.17. The number of aliphatic hydroxyl groups excluding tert-OH is 1. The summed E-state index contributed by atoms with van der Waals surface area (Å²) in [5, 5.41) is 10.1. The van der Waals surface area contributed by atoms with Gasteiger partial charge in [-0.3, -0.25) is 0 Å². The molecule has 0 aromatic heterocycles. The third kappa shape index (κ3) is 4.75. The van der Waals surface area contributed by atoms with E-state index in [2.05, 4.69) is 49.4 Å². The van der Waals surface area contributed by atoms with Gasteiger partial charge in [0.05, 0.1) is 31.5 Å². The van der Waals surface area contributed by atoms with Crippen LogP contribution in [0, 0.1) is 6.92 Å². The van der Waals surface area contributed by atoms with Gasteiger partial charge >= 0.3 is 0 Å². The highest BCUT2D eigenvalue weighted by atomic mass is 16.5. The molecule has 0 bridgehead atoms. The number of benzene rings is 2. The second kappa shape index (κ2) is 8.64. The predicted octanol–water partition coefficient (Wildman–Crippen LogP) is 4.35. The lowest BCUT2D eigenvalue weighted by atomic mass is 9.92. The minimum atomic E-state index is -0.281. The largest absolute Gasteiger partial charge is 0.488 e. The Morgan fingerprint density at radius 2 is 1.93 bits per heavy atom. The molecular weight excluding hydrogens is 352 g/mol. The van der Waals surface area contributed by atoms with Crippen LogP contribution in [-0.4, -0.2) is 36.6 Å². The fourth-order valence-electron chi connectivity index (χ4n) is 4.12. The summed E-state index contributed by atoms with van der Waals surface area (Å²) in [7, 11) is 0. The van der Waals surface area contributed by atoms with E-state index in [1.165, 1.54) is 16.7 Å². The van der Waals surface area contributed by atoms with Crippen LogP contribution in [0.5, 0.6) is 5.75 Å². The van der Waals surface area contributed by atoms with Crippen LogP contribution in [0.1, 0.15) is 54.5 Å². The van der Waals surface area contributed by atoms with E-state index < -0.39 is 0 Å². The minimum absolute atomic E-state index is 0.0255. The molecule has 0 saturated carbocycles. The molecular formula is C24H30O4. The third-order valence-corrected chi connectivity index (χ3v) is 5.74. The predicted molar refractivity (Wildman–Crippen MR) is 109 cm³/mol. The number of aryl methyl sites for hydroxylation is 1. The molecule has 4 atom stereocenters. The Bertz CT molecular complexity index is 770. The highest BCUT2D eigenvalue weighted by Crippen LogP contribution is 2.32. The highest BCUT2D eigenvalue weighted by molar-refractivity contribution is 5.38. The maximum absolute atomic E-state index is 10.1. The summed E-state index contributed by atoms with van der Waals surface area (Å²) in [4.78, 5) is 0. The van der Waals surface area contributed by atoms with Gasteiger partial charge in [-0.15, -0.1) is 0 Å². The van der Waals surface area contributed by atoms with Gasteiger partial charge in [-0.2, -0.15) is 0 Å². The molecule has 1 N–H and O–H groups in total. The normalized spacial score (nSPS) is 27.7. The van der Waals surface area contributed by atoms with Gasteiger partial charge < -0.3 is 19.3 Å². The molecule has 2 aliphatic heterocycles. The zero-order valence-corrected chi connectivity index (χ0v) is 16.8. The molecule has 0 aliphatic carbocycles. The summed E-state index contributed by atoms with van der Waals surface area (Å²) in [5.41, 5.74) is 4.99. The first kappa shape index (κ1) is 19.4. The van der Waals surface area contributed by atoms with E-state index in [0.717, 1.165) is 37.2 Å². The standard InChI is InChI=1S/C24H30O4/c1-16-3-6-19(24-14-21(25)11-17(2)27-24)13-20(16)12-18-4-7-22(8-5-18)28-23-9-10-26-15-23/h3-8,13,17,21,23-25H,9-12,14-15H2,1-2H3. The molecule has 2 heterocycles. The van der Waals surface area contributed by atoms with Crippen molar-refractivity contribution < 1.29 is 19.3 Å². The van der Waals surface area contributed by atoms with Gasteiger partial charge in [0.1, 0.15) is 11.9 Å². The Hall–Kier alpha value is -1.88. The zero-order valence-electron chi connectivity index (χ0n) is 16.8. The van der Waals surface area contributed by atoms with Gasteiger partial charge in [-0.05, 0) is 61.1 Å². The maximum Gasteiger partial charge on any atom is 0.124 e. The molecule has 2 fully saturated rings. The van der Waals surface area contributed by atoms with Crippen molar-refractivity contribution in [1.29, 1.82) is 0 Å². The summed E-state index contributed by atoms with van der Waals surface area (Å²) in [6, 6.07) is 14.9. The van der Waals surface area contributed by atoms with E-state index in [4.69, 9.17) is 14.2 Å². The molecule has 28 heavy (non-hydrogen) atoms. The van der Waals surface area contributed by atoms with Crippen molar-refractivity contribution in [3.63, 3.8) is 0 Å². The molecule has 2 aromatic rings. The fourth-order valence-corrected chi connectivity index (χ4v) is 4.12. The zero-order chi connectivity index (χ0) is 19.5. The molecule has 2 saturated heterocycles. The molecule has 0 radical (unpaired) electrons. The molecule has 2 aromatic carbocycles. The number of ether oxygens (including phenoxy) is 3. The smallest absolute Gasteiger partial charge is 0.124 e. The van der Waals surface area contributed by atoms with Crippen LogP contribution in [0.4, 0.5) is 0 Å². The van der Waals surface area contributed by atoms with Crippen LogP contribution in [0.2, 0.25) is 0 Å². The summed E-state index contributed by atoms with van der Waals surface area (Å²) in [6.45, 7) is 5.66. The average Bonchev–Trinajstić information content (AvgIpc) is 3.17. The van der Waals surface area contributed by atoms with Crippen molar-refractivity contribution in [2.45, 2.75) is 63.9 Å². The second-order valence-corrected chi connectivity index (χ2v) is 8.17. The highest BCUT2D eigenvalue weighted by Gasteiger charge is 2.27. The quantitative estimate of drug-likeness (QED) is 0.835. The molecule has 150 valence electrons. The van der Waals surface area contributed by atoms with Gasteiger partial charge in [-0.25, -0.2) is 0 Å². The van der Waals surface area contributed by atoms with E-state index in [0.29, 0.717) is 13.0 Å². The number of aliphatic hydroxyl groups is 1. The van der Waals surface area contributed by atoms with Crippen molar-refractivity contribution in [2.24, 2.45) is 0 Å². The molecule has 4 unspecified atom stereocenters. The lowest BCUT2D eigenvalue weighted by Gasteiger charge is -2.32. The minimum Gasteiger partial charge on any atom is -0.488 e.